The van der Waals surface area contributed by atoms with Crippen molar-refractivity contribution in [2.24, 2.45) is 23.7 Å². The minimum Gasteiger partial charge on any atom is -0.247 e. The van der Waals surface area contributed by atoms with Crippen molar-refractivity contribution in [1.29, 1.82) is 0 Å². The minimum absolute atomic E-state index is 0.00239. The summed E-state index contributed by atoms with van der Waals surface area (Å²) in [6.07, 6.45) is -8.39. The Hall–Kier alpha value is -0.420. The zero-order valence-corrected chi connectivity index (χ0v) is 12.8. The van der Waals surface area contributed by atoms with Crippen molar-refractivity contribution in [1.82, 2.24) is 0 Å². The van der Waals surface area contributed by atoms with E-state index in [1.165, 1.54) is 0 Å². The van der Waals surface area contributed by atoms with Crippen molar-refractivity contribution in [3.05, 3.63) is 0 Å². The lowest BCUT2D eigenvalue weighted by molar-refractivity contribution is -0.142. The summed E-state index contributed by atoms with van der Waals surface area (Å²) in [4.78, 5) is 0. The van der Waals surface area contributed by atoms with Crippen LogP contribution < -0.4 is 0 Å². The number of rotatable bonds is 3. The van der Waals surface area contributed by atoms with Gasteiger partial charge in [-0.05, 0) is 49.9 Å². The van der Waals surface area contributed by atoms with E-state index in [1.807, 2.05) is 6.92 Å². The Morgan fingerprint density at radius 2 is 1.45 bits per heavy atom. The van der Waals surface area contributed by atoms with E-state index in [2.05, 4.69) is 0 Å². The van der Waals surface area contributed by atoms with Gasteiger partial charge in [-0.15, -0.1) is 0 Å². The maximum absolute atomic E-state index is 14.2. The maximum Gasteiger partial charge on any atom is 0.389 e. The summed E-state index contributed by atoms with van der Waals surface area (Å²) < 4.78 is 79.1. The lowest BCUT2D eigenvalue weighted by atomic mass is 9.67. The third kappa shape index (κ3) is 4.54. The predicted molar refractivity (Wildman–Crippen MR) is 72.7 cm³/mol. The SMILES string of the molecule is CC1CCC(C2CC(F)C(CCC(F)(F)F)C(F)C2)C(F)C1. The van der Waals surface area contributed by atoms with Gasteiger partial charge in [-0.1, -0.05) is 13.3 Å². The molecule has 0 aliphatic heterocycles. The van der Waals surface area contributed by atoms with Crippen LogP contribution in [0.1, 0.15) is 51.9 Å². The lowest BCUT2D eigenvalue weighted by Gasteiger charge is -2.41. The zero-order valence-electron chi connectivity index (χ0n) is 12.8. The fraction of sp³-hybridized carbons (Fsp3) is 1.00. The van der Waals surface area contributed by atoms with Gasteiger partial charge in [0.25, 0.3) is 0 Å². The second kappa shape index (κ2) is 7.00. The molecule has 0 aromatic carbocycles. The molecule has 2 saturated carbocycles. The minimum atomic E-state index is -4.39. The van der Waals surface area contributed by atoms with Crippen LogP contribution in [0, 0.1) is 23.7 Å². The van der Waals surface area contributed by atoms with Crippen LogP contribution in [0.25, 0.3) is 0 Å². The van der Waals surface area contributed by atoms with Crippen LogP contribution in [0.2, 0.25) is 0 Å². The Bertz CT molecular complexity index is 343. The van der Waals surface area contributed by atoms with Gasteiger partial charge >= 0.3 is 6.18 Å². The van der Waals surface area contributed by atoms with Gasteiger partial charge in [-0.25, -0.2) is 13.2 Å². The molecule has 2 rings (SSSR count). The Morgan fingerprint density at radius 1 is 0.864 bits per heavy atom. The highest BCUT2D eigenvalue weighted by Crippen LogP contribution is 2.45. The second-order valence-corrected chi connectivity index (χ2v) is 7.18. The van der Waals surface area contributed by atoms with E-state index in [4.69, 9.17) is 0 Å². The van der Waals surface area contributed by atoms with E-state index in [1.54, 1.807) is 0 Å². The summed E-state index contributed by atoms with van der Waals surface area (Å²) in [5, 5.41) is 0. The summed E-state index contributed by atoms with van der Waals surface area (Å²) in [5.74, 6) is -1.62. The topological polar surface area (TPSA) is 0 Å². The number of alkyl halides is 6. The van der Waals surface area contributed by atoms with Crippen molar-refractivity contribution in [3.8, 4) is 0 Å². The van der Waals surface area contributed by atoms with Crippen LogP contribution in [0.4, 0.5) is 26.3 Å². The average Bonchev–Trinajstić information content (AvgIpc) is 2.36. The van der Waals surface area contributed by atoms with Crippen LogP contribution in [0.3, 0.4) is 0 Å². The smallest absolute Gasteiger partial charge is 0.247 e. The molecule has 0 aromatic rings. The highest BCUT2D eigenvalue weighted by molar-refractivity contribution is 4.93. The van der Waals surface area contributed by atoms with Crippen LogP contribution >= 0.6 is 0 Å². The predicted octanol–water partition coefficient (Wildman–Crippen LogP) is 5.81. The standard InChI is InChI=1S/C16H24F6/c1-9-2-3-11(13(17)6-9)10-7-14(18)12(15(19)8-10)4-5-16(20,21)22/h9-15H,2-8H2,1H3. The lowest BCUT2D eigenvalue weighted by Crippen LogP contribution is -2.42. The van der Waals surface area contributed by atoms with E-state index in [0.29, 0.717) is 12.8 Å². The number of hydrogen-bond acceptors (Lipinski definition) is 0. The molecule has 5 unspecified atom stereocenters. The molecule has 0 spiro atoms. The van der Waals surface area contributed by atoms with E-state index >= 15 is 0 Å². The van der Waals surface area contributed by atoms with Crippen LogP contribution in [-0.4, -0.2) is 24.7 Å². The second-order valence-electron chi connectivity index (χ2n) is 7.18. The molecule has 0 bridgehead atoms. The molecule has 5 atom stereocenters. The van der Waals surface area contributed by atoms with Crippen LogP contribution in [0.5, 0.6) is 0 Å². The van der Waals surface area contributed by atoms with E-state index in [9.17, 15) is 26.3 Å². The molecule has 0 N–H and O–H groups in total. The summed E-state index contributed by atoms with van der Waals surface area (Å²) in [7, 11) is 0. The molecular formula is C16H24F6. The highest BCUT2D eigenvalue weighted by atomic mass is 19.4. The van der Waals surface area contributed by atoms with E-state index in [-0.39, 0.29) is 30.6 Å². The molecule has 2 fully saturated rings. The summed E-state index contributed by atoms with van der Waals surface area (Å²) in [6, 6.07) is 0. The monoisotopic (exact) mass is 330 g/mol. The van der Waals surface area contributed by atoms with Gasteiger partial charge in [-0.2, -0.15) is 13.2 Å². The molecule has 0 aromatic heterocycles. The fourth-order valence-corrected chi connectivity index (χ4v) is 4.16. The first-order chi connectivity index (χ1) is 10.2. The van der Waals surface area contributed by atoms with E-state index < -0.39 is 43.5 Å². The van der Waals surface area contributed by atoms with Gasteiger partial charge in [0.15, 0.2) is 0 Å². The molecule has 2 aliphatic rings. The maximum atomic E-state index is 14.2. The van der Waals surface area contributed by atoms with Crippen molar-refractivity contribution < 1.29 is 26.3 Å². The average molecular weight is 330 g/mol. The van der Waals surface area contributed by atoms with Crippen molar-refractivity contribution in [2.75, 3.05) is 0 Å². The van der Waals surface area contributed by atoms with Crippen molar-refractivity contribution in [2.45, 2.75) is 76.6 Å². The first kappa shape index (κ1) is 17.9. The van der Waals surface area contributed by atoms with Gasteiger partial charge in [0, 0.05) is 12.3 Å². The number of hydrogen-bond donors (Lipinski definition) is 0. The van der Waals surface area contributed by atoms with Gasteiger partial charge in [0.05, 0.1) is 0 Å². The Kier molecular flexibility index (Phi) is 5.70. The molecule has 0 radical (unpaired) electrons. The molecule has 0 nitrogen and oxygen atoms in total. The van der Waals surface area contributed by atoms with Gasteiger partial charge < -0.3 is 0 Å². The van der Waals surface area contributed by atoms with Gasteiger partial charge in [0.2, 0.25) is 0 Å². The molecule has 22 heavy (non-hydrogen) atoms. The molecule has 0 saturated heterocycles. The summed E-state index contributed by atoms with van der Waals surface area (Å²) in [5.41, 5.74) is 0. The molecule has 0 amide bonds. The first-order valence-electron chi connectivity index (χ1n) is 8.16. The third-order valence-corrected chi connectivity index (χ3v) is 5.44. The largest absolute Gasteiger partial charge is 0.389 e. The van der Waals surface area contributed by atoms with Crippen molar-refractivity contribution >= 4 is 0 Å². The van der Waals surface area contributed by atoms with Crippen LogP contribution in [0.15, 0.2) is 0 Å². The Labute approximate surface area is 127 Å². The summed E-state index contributed by atoms with van der Waals surface area (Å²) in [6.45, 7) is 1.97. The van der Waals surface area contributed by atoms with E-state index in [0.717, 1.165) is 6.42 Å². The first-order valence-corrected chi connectivity index (χ1v) is 8.16. The third-order valence-electron chi connectivity index (χ3n) is 5.44. The molecule has 0 heterocycles. The number of halogens is 6. The van der Waals surface area contributed by atoms with Crippen molar-refractivity contribution in [3.63, 3.8) is 0 Å². The Balaban J connectivity index is 1.92. The van der Waals surface area contributed by atoms with Gasteiger partial charge in [-0.3, -0.25) is 0 Å². The molecule has 130 valence electrons. The normalized spacial score (nSPS) is 44.0. The Morgan fingerprint density at radius 3 is 1.95 bits per heavy atom. The molecule has 2 aliphatic carbocycles. The van der Waals surface area contributed by atoms with Crippen LogP contribution in [-0.2, 0) is 0 Å². The zero-order chi connectivity index (χ0) is 16.5. The molecular weight excluding hydrogens is 306 g/mol. The quantitative estimate of drug-likeness (QED) is 0.573. The summed E-state index contributed by atoms with van der Waals surface area (Å²) >= 11 is 0. The molecule has 6 heteroatoms. The van der Waals surface area contributed by atoms with Gasteiger partial charge in [0.1, 0.15) is 18.5 Å². The fourth-order valence-electron chi connectivity index (χ4n) is 4.16. The highest BCUT2D eigenvalue weighted by Gasteiger charge is 2.45.